The largest absolute Gasteiger partial charge is 0.465 e. The fraction of sp³-hybridized carbons (Fsp3) is 0.267. The summed E-state index contributed by atoms with van der Waals surface area (Å²) in [6.07, 6.45) is 4.08. The molecule has 0 atom stereocenters. The van der Waals surface area contributed by atoms with Crippen molar-refractivity contribution in [2.75, 3.05) is 31.3 Å². The summed E-state index contributed by atoms with van der Waals surface area (Å²) in [5.74, 6) is 0.100. The van der Waals surface area contributed by atoms with E-state index >= 15 is 0 Å². The molecule has 2 N–H and O–H groups in total. The highest BCUT2D eigenvalue weighted by Gasteiger charge is 2.16. The normalized spacial score (nSPS) is 10.2. The third kappa shape index (κ3) is 3.47. The van der Waals surface area contributed by atoms with Crippen LogP contribution in [0.5, 0.6) is 0 Å². The van der Waals surface area contributed by atoms with Gasteiger partial charge in [-0.15, -0.1) is 0 Å². The van der Waals surface area contributed by atoms with E-state index < -0.39 is 5.97 Å². The molecule has 0 aliphatic carbocycles. The fourth-order valence-corrected chi connectivity index (χ4v) is 1.99. The van der Waals surface area contributed by atoms with Gasteiger partial charge in [-0.3, -0.25) is 4.98 Å². The quantitative estimate of drug-likeness (QED) is 0.839. The van der Waals surface area contributed by atoms with Crippen LogP contribution in [0.15, 0.2) is 36.7 Å². The molecule has 0 saturated carbocycles. The van der Waals surface area contributed by atoms with Crippen molar-refractivity contribution in [3.63, 3.8) is 0 Å². The average Bonchev–Trinajstić information content (AvgIpc) is 2.53. The van der Waals surface area contributed by atoms with E-state index in [0.717, 1.165) is 12.1 Å². The van der Waals surface area contributed by atoms with E-state index in [1.54, 1.807) is 18.5 Å². The molecular weight excluding hydrogens is 268 g/mol. The zero-order chi connectivity index (χ0) is 15.2. The van der Waals surface area contributed by atoms with Gasteiger partial charge in [0.15, 0.2) is 5.82 Å². The lowest BCUT2D eigenvalue weighted by molar-refractivity contribution is 0.0602. The molecule has 0 spiro atoms. The monoisotopic (exact) mass is 286 g/mol. The van der Waals surface area contributed by atoms with Gasteiger partial charge in [0.25, 0.3) is 0 Å². The van der Waals surface area contributed by atoms with E-state index in [2.05, 4.69) is 9.97 Å². The lowest BCUT2D eigenvalue weighted by atomic mass is 10.2. The first-order valence-corrected chi connectivity index (χ1v) is 6.57. The molecule has 2 heterocycles. The van der Waals surface area contributed by atoms with E-state index in [1.807, 2.05) is 30.1 Å². The maximum atomic E-state index is 11.6. The molecule has 2 aromatic heterocycles. The first-order chi connectivity index (χ1) is 10.1. The lowest BCUT2D eigenvalue weighted by Crippen LogP contribution is -2.24. The van der Waals surface area contributed by atoms with Crippen molar-refractivity contribution in [1.82, 2.24) is 9.97 Å². The van der Waals surface area contributed by atoms with Crippen LogP contribution in [0.4, 0.5) is 11.5 Å². The third-order valence-corrected chi connectivity index (χ3v) is 3.17. The van der Waals surface area contributed by atoms with Crippen LogP contribution in [0.2, 0.25) is 0 Å². The molecule has 0 aromatic carbocycles. The van der Waals surface area contributed by atoms with Crippen LogP contribution >= 0.6 is 0 Å². The lowest BCUT2D eigenvalue weighted by Gasteiger charge is -2.20. The number of likely N-dealkylation sites (N-methyl/N-ethyl adjacent to an activating group) is 1. The van der Waals surface area contributed by atoms with Crippen LogP contribution < -0.4 is 10.6 Å². The number of nitrogen functional groups attached to an aromatic ring is 1. The first-order valence-electron chi connectivity index (χ1n) is 6.57. The molecule has 2 aromatic rings. The Balaban J connectivity index is 2.12. The standard InChI is InChI=1S/C15H18N4O2/c1-19(10-7-11-5-3-4-8-17-11)14-13(16)12(6-9-18-14)15(20)21-2/h3-6,8-9H,7,10,16H2,1-2H3. The van der Waals surface area contributed by atoms with Gasteiger partial charge in [-0.05, 0) is 18.2 Å². The Hall–Kier alpha value is -2.63. The number of esters is 1. The molecule has 6 heteroatoms. The zero-order valence-electron chi connectivity index (χ0n) is 12.1. The van der Waals surface area contributed by atoms with Gasteiger partial charge in [0, 0.05) is 38.1 Å². The number of methoxy groups -OCH3 is 1. The number of anilines is 2. The van der Waals surface area contributed by atoms with Crippen molar-refractivity contribution in [1.29, 1.82) is 0 Å². The third-order valence-electron chi connectivity index (χ3n) is 3.17. The van der Waals surface area contributed by atoms with E-state index in [9.17, 15) is 4.79 Å². The molecule has 0 saturated heterocycles. The van der Waals surface area contributed by atoms with Crippen molar-refractivity contribution in [2.45, 2.75) is 6.42 Å². The highest BCUT2D eigenvalue weighted by Crippen LogP contribution is 2.23. The van der Waals surface area contributed by atoms with Crippen LogP contribution in [-0.2, 0) is 11.2 Å². The predicted molar refractivity (Wildman–Crippen MR) is 81.2 cm³/mol. The summed E-state index contributed by atoms with van der Waals surface area (Å²) in [7, 11) is 3.20. The van der Waals surface area contributed by atoms with Crippen molar-refractivity contribution in [3.8, 4) is 0 Å². The number of carbonyl (C=O) groups is 1. The number of rotatable bonds is 5. The van der Waals surface area contributed by atoms with Crippen LogP contribution in [0.1, 0.15) is 16.1 Å². The Morgan fingerprint density at radius 2 is 2.10 bits per heavy atom. The van der Waals surface area contributed by atoms with E-state index in [0.29, 0.717) is 23.6 Å². The van der Waals surface area contributed by atoms with Crippen LogP contribution in [0.3, 0.4) is 0 Å². The average molecular weight is 286 g/mol. The highest BCUT2D eigenvalue weighted by molar-refractivity contribution is 5.97. The van der Waals surface area contributed by atoms with E-state index in [-0.39, 0.29) is 0 Å². The Kier molecular flexibility index (Phi) is 4.71. The Morgan fingerprint density at radius 3 is 2.76 bits per heavy atom. The molecule has 0 radical (unpaired) electrons. The first kappa shape index (κ1) is 14.8. The van der Waals surface area contributed by atoms with Crippen molar-refractivity contribution < 1.29 is 9.53 Å². The number of hydrogen-bond acceptors (Lipinski definition) is 6. The Morgan fingerprint density at radius 1 is 1.29 bits per heavy atom. The van der Waals surface area contributed by atoms with Gasteiger partial charge >= 0.3 is 5.97 Å². The van der Waals surface area contributed by atoms with Gasteiger partial charge in [0.1, 0.15) is 0 Å². The van der Waals surface area contributed by atoms with Crippen molar-refractivity contribution >= 4 is 17.5 Å². The van der Waals surface area contributed by atoms with Crippen LogP contribution in [0.25, 0.3) is 0 Å². The molecule has 110 valence electrons. The molecular formula is C15H18N4O2. The number of carbonyl (C=O) groups excluding carboxylic acids is 1. The van der Waals surface area contributed by atoms with E-state index in [4.69, 9.17) is 10.5 Å². The highest BCUT2D eigenvalue weighted by atomic mass is 16.5. The summed E-state index contributed by atoms with van der Waals surface area (Å²) in [5.41, 5.74) is 7.65. The van der Waals surface area contributed by atoms with Gasteiger partial charge in [-0.25, -0.2) is 9.78 Å². The Labute approximate surface area is 123 Å². The second-order valence-electron chi connectivity index (χ2n) is 4.58. The number of ether oxygens (including phenoxy) is 1. The summed E-state index contributed by atoms with van der Waals surface area (Å²) in [5, 5.41) is 0. The molecule has 6 nitrogen and oxygen atoms in total. The van der Waals surface area contributed by atoms with Gasteiger partial charge in [-0.2, -0.15) is 0 Å². The molecule has 0 fully saturated rings. The smallest absolute Gasteiger partial charge is 0.340 e. The minimum atomic E-state index is -0.464. The summed E-state index contributed by atoms with van der Waals surface area (Å²) < 4.78 is 4.71. The molecule has 2 rings (SSSR count). The zero-order valence-corrected chi connectivity index (χ0v) is 12.1. The number of pyridine rings is 2. The van der Waals surface area contributed by atoms with Crippen LogP contribution in [-0.4, -0.2) is 36.6 Å². The topological polar surface area (TPSA) is 81.3 Å². The van der Waals surface area contributed by atoms with Crippen molar-refractivity contribution in [3.05, 3.63) is 47.9 Å². The second kappa shape index (κ2) is 6.69. The molecule has 0 aliphatic heterocycles. The fourth-order valence-electron chi connectivity index (χ4n) is 1.99. The van der Waals surface area contributed by atoms with E-state index in [1.165, 1.54) is 7.11 Å². The minimum Gasteiger partial charge on any atom is -0.465 e. The number of hydrogen-bond donors (Lipinski definition) is 1. The Bertz CT molecular complexity index is 616. The maximum absolute atomic E-state index is 11.6. The summed E-state index contributed by atoms with van der Waals surface area (Å²) >= 11 is 0. The van der Waals surface area contributed by atoms with Crippen molar-refractivity contribution in [2.24, 2.45) is 0 Å². The number of nitrogens with two attached hydrogens (primary N) is 1. The van der Waals surface area contributed by atoms with Crippen LogP contribution in [0, 0.1) is 0 Å². The summed E-state index contributed by atoms with van der Waals surface area (Å²) in [6, 6.07) is 7.35. The second-order valence-corrected chi connectivity index (χ2v) is 4.58. The van der Waals surface area contributed by atoms with Gasteiger partial charge in [0.2, 0.25) is 0 Å². The summed E-state index contributed by atoms with van der Waals surface area (Å²) in [6.45, 7) is 0.693. The van der Waals surface area contributed by atoms with Gasteiger partial charge in [-0.1, -0.05) is 6.07 Å². The molecule has 21 heavy (non-hydrogen) atoms. The molecule has 0 unspecified atom stereocenters. The number of nitrogens with zero attached hydrogens (tertiary/aromatic N) is 3. The molecule has 0 amide bonds. The minimum absolute atomic E-state index is 0.326. The maximum Gasteiger partial charge on any atom is 0.340 e. The molecule has 0 aliphatic rings. The number of aromatic nitrogens is 2. The van der Waals surface area contributed by atoms with Gasteiger partial charge < -0.3 is 15.4 Å². The SMILES string of the molecule is COC(=O)c1ccnc(N(C)CCc2ccccn2)c1N. The predicted octanol–water partition coefficient (Wildman–Crippen LogP) is 1.52. The van der Waals surface area contributed by atoms with Gasteiger partial charge in [0.05, 0.1) is 18.4 Å². The molecule has 0 bridgehead atoms. The summed E-state index contributed by atoms with van der Waals surface area (Å²) in [4.78, 5) is 22.0.